The maximum atomic E-state index is 14.7. The van der Waals surface area contributed by atoms with Gasteiger partial charge in [-0.3, -0.25) is 4.68 Å². The standard InChI is InChI=1S/C21H20FN3O5/c1-24-12-14(11-23-24)13-30-18-8-7-15(10-17(18)22)25-9-5-4-6-16(20(26)28-2)19(25)21(27)29-3/h4-12H,13H2,1-3H3. The van der Waals surface area contributed by atoms with Gasteiger partial charge in [0.1, 0.15) is 12.3 Å². The number of halogens is 1. The van der Waals surface area contributed by atoms with E-state index in [1.54, 1.807) is 42.3 Å². The summed E-state index contributed by atoms with van der Waals surface area (Å²) in [6.45, 7) is 0.150. The summed E-state index contributed by atoms with van der Waals surface area (Å²) in [7, 11) is 4.17. The van der Waals surface area contributed by atoms with Gasteiger partial charge in [0.2, 0.25) is 0 Å². The Kier molecular flexibility index (Phi) is 6.31. The first-order valence-electron chi connectivity index (χ1n) is 8.89. The molecule has 9 heteroatoms. The predicted molar refractivity (Wildman–Crippen MR) is 106 cm³/mol. The van der Waals surface area contributed by atoms with E-state index in [0.717, 1.165) is 5.56 Å². The van der Waals surface area contributed by atoms with Gasteiger partial charge in [-0.2, -0.15) is 5.10 Å². The first-order valence-corrected chi connectivity index (χ1v) is 8.89. The molecule has 1 aliphatic rings. The van der Waals surface area contributed by atoms with Crippen LogP contribution in [0.15, 0.2) is 66.3 Å². The van der Waals surface area contributed by atoms with E-state index in [1.165, 1.54) is 43.5 Å². The molecule has 0 unspecified atom stereocenters. The van der Waals surface area contributed by atoms with Crippen molar-refractivity contribution in [3.63, 3.8) is 0 Å². The van der Waals surface area contributed by atoms with Crippen LogP contribution >= 0.6 is 0 Å². The molecule has 0 saturated carbocycles. The van der Waals surface area contributed by atoms with E-state index in [-0.39, 0.29) is 23.6 Å². The summed E-state index contributed by atoms with van der Waals surface area (Å²) in [5.41, 5.74) is 0.966. The third kappa shape index (κ3) is 4.40. The normalized spacial score (nSPS) is 13.3. The second kappa shape index (κ2) is 9.08. The van der Waals surface area contributed by atoms with E-state index >= 15 is 0 Å². The van der Waals surface area contributed by atoms with Crippen LogP contribution in [-0.4, -0.2) is 35.9 Å². The van der Waals surface area contributed by atoms with Crippen molar-refractivity contribution in [2.45, 2.75) is 6.61 Å². The van der Waals surface area contributed by atoms with E-state index in [9.17, 15) is 14.0 Å². The SMILES string of the molecule is COC(=O)C1=C(C(=O)OC)N(c2ccc(OCc3cnn(C)c3)c(F)c2)C=CC=C1. The highest BCUT2D eigenvalue weighted by Gasteiger charge is 2.27. The quantitative estimate of drug-likeness (QED) is 0.673. The van der Waals surface area contributed by atoms with Gasteiger partial charge in [0.05, 0.1) is 26.0 Å². The number of aromatic nitrogens is 2. The number of carbonyl (C=O) groups is 2. The van der Waals surface area contributed by atoms with Crippen molar-refractivity contribution < 1.29 is 28.2 Å². The van der Waals surface area contributed by atoms with E-state index in [4.69, 9.17) is 14.2 Å². The molecule has 2 heterocycles. The lowest BCUT2D eigenvalue weighted by Crippen LogP contribution is -2.27. The predicted octanol–water partition coefficient (Wildman–Crippen LogP) is 2.63. The van der Waals surface area contributed by atoms with Crippen molar-refractivity contribution in [2.75, 3.05) is 19.1 Å². The lowest BCUT2D eigenvalue weighted by atomic mass is 10.1. The topological polar surface area (TPSA) is 82.9 Å². The Morgan fingerprint density at radius 2 is 1.90 bits per heavy atom. The molecule has 1 aromatic carbocycles. The van der Waals surface area contributed by atoms with Crippen LogP contribution in [0.4, 0.5) is 10.1 Å². The van der Waals surface area contributed by atoms with Crippen LogP contribution < -0.4 is 9.64 Å². The van der Waals surface area contributed by atoms with Crippen LogP contribution in [0.3, 0.4) is 0 Å². The van der Waals surface area contributed by atoms with Crippen LogP contribution in [0.2, 0.25) is 0 Å². The van der Waals surface area contributed by atoms with E-state index in [0.29, 0.717) is 5.69 Å². The lowest BCUT2D eigenvalue weighted by Gasteiger charge is -2.23. The Morgan fingerprint density at radius 1 is 1.13 bits per heavy atom. The van der Waals surface area contributed by atoms with Gasteiger partial charge in [-0.15, -0.1) is 0 Å². The van der Waals surface area contributed by atoms with Crippen molar-refractivity contribution >= 4 is 17.6 Å². The summed E-state index contributed by atoms with van der Waals surface area (Å²) < 4.78 is 31.4. The fourth-order valence-corrected chi connectivity index (χ4v) is 2.83. The summed E-state index contributed by atoms with van der Waals surface area (Å²) in [4.78, 5) is 26.0. The zero-order valence-corrected chi connectivity index (χ0v) is 16.7. The number of allylic oxidation sites excluding steroid dienone is 2. The number of esters is 2. The number of ether oxygens (including phenoxy) is 3. The Balaban J connectivity index is 1.93. The Labute approximate surface area is 172 Å². The highest BCUT2D eigenvalue weighted by Crippen LogP contribution is 2.30. The number of methoxy groups -OCH3 is 2. The molecule has 0 amide bonds. The largest absolute Gasteiger partial charge is 0.486 e. The third-order valence-electron chi connectivity index (χ3n) is 4.24. The third-order valence-corrected chi connectivity index (χ3v) is 4.24. The van der Waals surface area contributed by atoms with E-state index in [2.05, 4.69) is 5.10 Å². The van der Waals surface area contributed by atoms with Crippen molar-refractivity contribution in [3.05, 3.63) is 77.7 Å². The van der Waals surface area contributed by atoms with Gasteiger partial charge in [-0.05, 0) is 24.3 Å². The second-order valence-electron chi connectivity index (χ2n) is 6.24. The Hall–Kier alpha value is -3.88. The van der Waals surface area contributed by atoms with Gasteiger partial charge in [-0.1, -0.05) is 6.08 Å². The lowest BCUT2D eigenvalue weighted by molar-refractivity contribution is -0.139. The fourth-order valence-electron chi connectivity index (χ4n) is 2.83. The molecule has 30 heavy (non-hydrogen) atoms. The monoisotopic (exact) mass is 413 g/mol. The summed E-state index contributed by atoms with van der Waals surface area (Å²) in [5, 5.41) is 4.03. The minimum absolute atomic E-state index is 0.0216. The molecule has 156 valence electrons. The minimum atomic E-state index is -0.774. The molecule has 0 saturated heterocycles. The van der Waals surface area contributed by atoms with Gasteiger partial charge in [-0.25, -0.2) is 14.0 Å². The summed E-state index contributed by atoms with van der Waals surface area (Å²) >= 11 is 0. The molecule has 8 nitrogen and oxygen atoms in total. The summed E-state index contributed by atoms with van der Waals surface area (Å²) in [5.74, 6) is -2.09. The molecule has 0 bridgehead atoms. The van der Waals surface area contributed by atoms with Crippen LogP contribution in [0.25, 0.3) is 0 Å². The molecule has 0 radical (unpaired) electrons. The number of anilines is 1. The Bertz CT molecular complexity index is 1050. The van der Waals surface area contributed by atoms with Crippen LogP contribution in [0, 0.1) is 5.82 Å². The number of rotatable bonds is 6. The van der Waals surface area contributed by atoms with Crippen molar-refractivity contribution in [2.24, 2.45) is 7.05 Å². The van der Waals surface area contributed by atoms with Gasteiger partial charge in [0.25, 0.3) is 0 Å². The number of hydrogen-bond acceptors (Lipinski definition) is 7. The average Bonchev–Trinajstić information content (AvgIpc) is 3.04. The van der Waals surface area contributed by atoms with Crippen LogP contribution in [0.5, 0.6) is 5.75 Å². The fraction of sp³-hybridized carbons (Fsp3) is 0.190. The van der Waals surface area contributed by atoms with Gasteiger partial charge >= 0.3 is 11.9 Å². The molecule has 3 rings (SSSR count). The number of hydrogen-bond donors (Lipinski definition) is 0. The smallest absolute Gasteiger partial charge is 0.355 e. The maximum Gasteiger partial charge on any atom is 0.355 e. The maximum absolute atomic E-state index is 14.7. The Morgan fingerprint density at radius 3 is 2.53 bits per heavy atom. The summed E-state index contributed by atoms with van der Waals surface area (Å²) in [6, 6.07) is 4.21. The minimum Gasteiger partial charge on any atom is -0.486 e. The van der Waals surface area contributed by atoms with Gasteiger partial charge in [0, 0.05) is 36.8 Å². The highest BCUT2D eigenvalue weighted by atomic mass is 19.1. The molecular weight excluding hydrogens is 393 g/mol. The molecule has 0 N–H and O–H groups in total. The molecule has 0 aliphatic carbocycles. The summed E-state index contributed by atoms with van der Waals surface area (Å²) in [6.07, 6.45) is 9.51. The van der Waals surface area contributed by atoms with Crippen molar-refractivity contribution in [1.29, 1.82) is 0 Å². The molecule has 2 aromatic rings. The first-order chi connectivity index (χ1) is 14.4. The first kappa shape index (κ1) is 20.8. The van der Waals surface area contributed by atoms with Crippen LogP contribution in [-0.2, 0) is 32.7 Å². The van der Waals surface area contributed by atoms with Crippen LogP contribution in [0.1, 0.15) is 5.56 Å². The number of carbonyl (C=O) groups excluding carboxylic acids is 2. The molecule has 1 aliphatic heterocycles. The molecule has 0 atom stereocenters. The van der Waals surface area contributed by atoms with Gasteiger partial charge < -0.3 is 19.1 Å². The number of aryl methyl sites for hydroxylation is 1. The molecule has 1 aromatic heterocycles. The number of nitrogens with zero attached hydrogens (tertiary/aromatic N) is 3. The van der Waals surface area contributed by atoms with Crippen molar-refractivity contribution in [3.8, 4) is 5.75 Å². The second-order valence-corrected chi connectivity index (χ2v) is 6.24. The molecule has 0 fully saturated rings. The number of benzene rings is 1. The van der Waals surface area contributed by atoms with E-state index < -0.39 is 17.8 Å². The van der Waals surface area contributed by atoms with Crippen molar-refractivity contribution in [1.82, 2.24) is 9.78 Å². The zero-order chi connectivity index (χ0) is 21.7. The highest BCUT2D eigenvalue weighted by molar-refractivity contribution is 6.05. The average molecular weight is 413 g/mol. The molecular formula is C21H20FN3O5. The van der Waals surface area contributed by atoms with Gasteiger partial charge in [0.15, 0.2) is 11.6 Å². The zero-order valence-electron chi connectivity index (χ0n) is 16.7. The molecule has 0 spiro atoms. The van der Waals surface area contributed by atoms with E-state index in [1.807, 2.05) is 0 Å².